The molecule has 138 valence electrons. The van der Waals surface area contributed by atoms with Crippen molar-refractivity contribution >= 4 is 0 Å². The molecule has 0 unspecified atom stereocenters. The van der Waals surface area contributed by atoms with Crippen LogP contribution in [-0.2, 0) is 0 Å². The average molecular weight is 374 g/mol. The fraction of sp³-hybridized carbons (Fsp3) is 0.0400. The van der Waals surface area contributed by atoms with Crippen LogP contribution in [0.25, 0.3) is 34.2 Å². The minimum absolute atomic E-state index is 0.177. The lowest BCUT2D eigenvalue weighted by atomic mass is 9.97. The molecule has 0 radical (unpaired) electrons. The molecule has 4 heteroatoms. The summed E-state index contributed by atoms with van der Waals surface area (Å²) in [6.45, 7) is 0. The second-order valence-electron chi connectivity index (χ2n) is 6.79. The van der Waals surface area contributed by atoms with Crippen LogP contribution >= 0.6 is 0 Å². The first-order valence-corrected chi connectivity index (χ1v) is 9.55. The lowest BCUT2D eigenvalue weighted by Crippen LogP contribution is -2.03. The highest BCUT2D eigenvalue weighted by Gasteiger charge is 2.18. The van der Waals surface area contributed by atoms with E-state index in [4.69, 9.17) is 9.97 Å². The van der Waals surface area contributed by atoms with Crippen molar-refractivity contribution in [2.24, 2.45) is 0 Å². The third-order valence-corrected chi connectivity index (χ3v) is 4.90. The average Bonchev–Trinajstić information content (AvgIpc) is 3.35. The zero-order valence-electron chi connectivity index (χ0n) is 15.7. The van der Waals surface area contributed by atoms with Crippen molar-refractivity contribution in [3.63, 3.8) is 0 Å². The second-order valence-corrected chi connectivity index (χ2v) is 6.79. The van der Waals surface area contributed by atoms with Gasteiger partial charge >= 0.3 is 0 Å². The maximum atomic E-state index is 4.89. The Balaban J connectivity index is 1.62. The summed E-state index contributed by atoms with van der Waals surface area (Å²) in [5.74, 6) is 1.22. The standard InChI is InChI=1S/C25H18N4/c1-3-11-19(12-4-1)22-15-16-26-24(28-22)25-27-17-21(18-9-7-8-10-18)23(29-25)20-13-5-2-6-14-20/h1-18H. The Kier molecular flexibility index (Phi) is 4.51. The van der Waals surface area contributed by atoms with E-state index in [-0.39, 0.29) is 5.92 Å². The van der Waals surface area contributed by atoms with Crippen LogP contribution < -0.4 is 0 Å². The van der Waals surface area contributed by atoms with Gasteiger partial charge in [-0.2, -0.15) is 0 Å². The topological polar surface area (TPSA) is 51.6 Å². The van der Waals surface area contributed by atoms with Crippen LogP contribution in [0.3, 0.4) is 0 Å². The van der Waals surface area contributed by atoms with Gasteiger partial charge in [-0.15, -0.1) is 0 Å². The van der Waals surface area contributed by atoms with E-state index in [0.717, 1.165) is 28.1 Å². The smallest absolute Gasteiger partial charge is 0.198 e. The van der Waals surface area contributed by atoms with E-state index in [1.165, 1.54) is 0 Å². The SMILES string of the molecule is C1=CC(c2cnc(-c3nccc(-c4ccccc4)n3)nc2-c2ccccc2)C=C1. The lowest BCUT2D eigenvalue weighted by Gasteiger charge is -2.13. The molecule has 2 heterocycles. The molecule has 0 N–H and O–H groups in total. The second kappa shape index (κ2) is 7.60. The molecule has 0 atom stereocenters. The highest BCUT2D eigenvalue weighted by atomic mass is 15.0. The van der Waals surface area contributed by atoms with Gasteiger partial charge in [-0.3, -0.25) is 0 Å². The number of hydrogen-bond donors (Lipinski definition) is 0. The number of allylic oxidation sites excluding steroid dienone is 4. The third kappa shape index (κ3) is 3.48. The molecule has 0 spiro atoms. The maximum absolute atomic E-state index is 4.89. The first-order chi connectivity index (χ1) is 14.4. The molecule has 0 amide bonds. The van der Waals surface area contributed by atoms with Crippen LogP contribution in [0, 0.1) is 0 Å². The molecule has 5 rings (SSSR count). The molecule has 4 aromatic rings. The van der Waals surface area contributed by atoms with Gasteiger partial charge in [-0.1, -0.05) is 85.0 Å². The van der Waals surface area contributed by atoms with E-state index in [1.54, 1.807) is 6.20 Å². The van der Waals surface area contributed by atoms with Gasteiger partial charge in [0.2, 0.25) is 0 Å². The zero-order valence-corrected chi connectivity index (χ0v) is 15.7. The van der Waals surface area contributed by atoms with Crippen LogP contribution in [-0.4, -0.2) is 19.9 Å². The van der Waals surface area contributed by atoms with Gasteiger partial charge in [-0.25, -0.2) is 19.9 Å². The summed E-state index contributed by atoms with van der Waals surface area (Å²) < 4.78 is 0. The van der Waals surface area contributed by atoms with Crippen LogP contribution in [0.4, 0.5) is 0 Å². The Morgan fingerprint density at radius 2 is 1.28 bits per heavy atom. The van der Waals surface area contributed by atoms with Crippen molar-refractivity contribution in [3.05, 3.63) is 109 Å². The van der Waals surface area contributed by atoms with E-state index < -0.39 is 0 Å². The summed E-state index contributed by atoms with van der Waals surface area (Å²) in [6.07, 6.45) is 12.1. The summed E-state index contributed by atoms with van der Waals surface area (Å²) in [6, 6.07) is 22.1. The quantitative estimate of drug-likeness (QED) is 0.475. The van der Waals surface area contributed by atoms with Crippen molar-refractivity contribution in [2.75, 3.05) is 0 Å². The fourth-order valence-electron chi connectivity index (χ4n) is 3.45. The minimum atomic E-state index is 0.177. The van der Waals surface area contributed by atoms with Gasteiger partial charge in [-0.05, 0) is 6.07 Å². The molecule has 0 aliphatic heterocycles. The molecule has 1 aliphatic rings. The highest BCUT2D eigenvalue weighted by molar-refractivity contribution is 5.67. The number of benzene rings is 2. The molecule has 29 heavy (non-hydrogen) atoms. The molecule has 0 saturated carbocycles. The Labute approximate surface area is 169 Å². The van der Waals surface area contributed by atoms with Crippen LogP contribution in [0.5, 0.6) is 0 Å². The highest BCUT2D eigenvalue weighted by Crippen LogP contribution is 2.32. The van der Waals surface area contributed by atoms with Crippen molar-refractivity contribution in [1.82, 2.24) is 19.9 Å². The summed E-state index contributed by atoms with van der Waals surface area (Å²) >= 11 is 0. The molecule has 0 fully saturated rings. The van der Waals surface area contributed by atoms with Gasteiger partial charge in [0.05, 0.1) is 11.4 Å². The molecule has 0 bridgehead atoms. The van der Waals surface area contributed by atoms with Gasteiger partial charge in [0.1, 0.15) is 0 Å². The summed E-state index contributed by atoms with van der Waals surface area (Å²) in [4.78, 5) is 18.6. The summed E-state index contributed by atoms with van der Waals surface area (Å²) in [5.41, 5.74) is 4.93. The van der Waals surface area contributed by atoms with Gasteiger partial charge in [0.15, 0.2) is 11.6 Å². The first-order valence-electron chi connectivity index (χ1n) is 9.55. The van der Waals surface area contributed by atoms with Crippen molar-refractivity contribution in [1.29, 1.82) is 0 Å². The molecule has 4 nitrogen and oxygen atoms in total. The molecular formula is C25H18N4. The number of aromatic nitrogens is 4. The third-order valence-electron chi connectivity index (χ3n) is 4.90. The zero-order chi connectivity index (χ0) is 19.5. The van der Waals surface area contributed by atoms with E-state index in [0.29, 0.717) is 11.6 Å². The molecule has 1 aliphatic carbocycles. The van der Waals surface area contributed by atoms with Crippen molar-refractivity contribution in [3.8, 4) is 34.2 Å². The summed E-state index contributed by atoms with van der Waals surface area (Å²) in [7, 11) is 0. The molecule has 0 saturated heterocycles. The van der Waals surface area contributed by atoms with E-state index in [2.05, 4.69) is 46.4 Å². The van der Waals surface area contributed by atoms with E-state index >= 15 is 0 Å². The predicted molar refractivity (Wildman–Crippen MR) is 115 cm³/mol. The number of nitrogens with zero attached hydrogens (tertiary/aromatic N) is 4. The van der Waals surface area contributed by atoms with Crippen LogP contribution in [0.1, 0.15) is 11.5 Å². The van der Waals surface area contributed by atoms with E-state index in [9.17, 15) is 0 Å². The predicted octanol–water partition coefficient (Wildman–Crippen LogP) is 5.48. The van der Waals surface area contributed by atoms with Gasteiger partial charge in [0.25, 0.3) is 0 Å². The summed E-state index contributed by atoms with van der Waals surface area (Å²) in [5, 5.41) is 0. The number of rotatable bonds is 4. The first kappa shape index (κ1) is 17.2. The Bertz CT molecular complexity index is 1190. The Hall–Kier alpha value is -3.92. The van der Waals surface area contributed by atoms with Crippen molar-refractivity contribution < 1.29 is 0 Å². The molecule has 2 aromatic carbocycles. The normalized spacial score (nSPS) is 13.1. The van der Waals surface area contributed by atoms with Gasteiger partial charge < -0.3 is 0 Å². The van der Waals surface area contributed by atoms with E-state index in [1.807, 2.05) is 60.8 Å². The number of hydrogen-bond acceptors (Lipinski definition) is 4. The fourth-order valence-corrected chi connectivity index (χ4v) is 3.45. The van der Waals surface area contributed by atoms with Gasteiger partial charge in [0, 0.05) is 35.0 Å². The lowest BCUT2D eigenvalue weighted by molar-refractivity contribution is 1.01. The Morgan fingerprint density at radius 1 is 0.621 bits per heavy atom. The molecule has 2 aromatic heterocycles. The minimum Gasteiger partial charge on any atom is -0.234 e. The largest absolute Gasteiger partial charge is 0.234 e. The monoisotopic (exact) mass is 374 g/mol. The van der Waals surface area contributed by atoms with Crippen LogP contribution in [0.15, 0.2) is 103 Å². The van der Waals surface area contributed by atoms with Crippen LogP contribution in [0.2, 0.25) is 0 Å². The Morgan fingerprint density at radius 3 is 2.00 bits per heavy atom. The van der Waals surface area contributed by atoms with Crippen molar-refractivity contribution in [2.45, 2.75) is 5.92 Å². The maximum Gasteiger partial charge on any atom is 0.198 e. The molecular weight excluding hydrogens is 356 g/mol.